The second-order valence-electron chi connectivity index (χ2n) is 5.49. The van der Waals surface area contributed by atoms with Crippen molar-refractivity contribution in [2.75, 3.05) is 13.2 Å². The summed E-state index contributed by atoms with van der Waals surface area (Å²) >= 11 is 1.73. The van der Waals surface area contributed by atoms with E-state index in [0.717, 1.165) is 43.2 Å². The lowest BCUT2D eigenvalue weighted by atomic mass is 10.0. The number of benzene rings is 1. The number of nitrogens with one attached hydrogen (secondary N) is 1. The van der Waals surface area contributed by atoms with E-state index in [0.29, 0.717) is 6.04 Å². The quantitative estimate of drug-likeness (QED) is 0.884. The molecule has 0 saturated carbocycles. The molecule has 1 aliphatic rings. The van der Waals surface area contributed by atoms with Gasteiger partial charge in [0.1, 0.15) is 5.75 Å². The van der Waals surface area contributed by atoms with E-state index in [1.54, 1.807) is 11.3 Å². The Labute approximate surface area is 130 Å². The monoisotopic (exact) mass is 302 g/mol. The summed E-state index contributed by atoms with van der Waals surface area (Å²) < 4.78 is 5.58. The largest absolute Gasteiger partial charge is 0.493 e. The van der Waals surface area contributed by atoms with Crippen molar-refractivity contribution in [3.8, 4) is 5.75 Å². The molecule has 0 radical (unpaired) electrons. The summed E-state index contributed by atoms with van der Waals surface area (Å²) in [6, 6.07) is 7.02. The van der Waals surface area contributed by atoms with Gasteiger partial charge in [0, 0.05) is 30.8 Å². The highest BCUT2D eigenvalue weighted by molar-refractivity contribution is 7.09. The second kappa shape index (κ2) is 6.58. The summed E-state index contributed by atoms with van der Waals surface area (Å²) in [6.45, 7) is 6.08. The standard InChI is InChI=1S/C17H22N2OS/c1-3-16(18-8-6-15-11-21-12(2)19-15)13-4-5-17-14(10-13)7-9-20-17/h4-5,10-11,16,18H,3,6-9H2,1-2H3. The minimum Gasteiger partial charge on any atom is -0.493 e. The zero-order valence-corrected chi connectivity index (χ0v) is 13.5. The average molecular weight is 302 g/mol. The zero-order chi connectivity index (χ0) is 14.7. The molecule has 0 saturated heterocycles. The van der Waals surface area contributed by atoms with E-state index in [-0.39, 0.29) is 0 Å². The van der Waals surface area contributed by atoms with Gasteiger partial charge in [-0.3, -0.25) is 0 Å². The van der Waals surface area contributed by atoms with Gasteiger partial charge in [0.25, 0.3) is 0 Å². The predicted octanol–water partition coefficient (Wildman–Crippen LogP) is 3.67. The van der Waals surface area contributed by atoms with Crippen LogP contribution >= 0.6 is 11.3 Å². The zero-order valence-electron chi connectivity index (χ0n) is 12.7. The summed E-state index contributed by atoms with van der Waals surface area (Å²) in [7, 11) is 0. The number of nitrogens with zero attached hydrogens (tertiary/aromatic N) is 1. The van der Waals surface area contributed by atoms with E-state index in [1.807, 2.05) is 0 Å². The molecule has 1 aromatic heterocycles. The number of hydrogen-bond donors (Lipinski definition) is 1. The fourth-order valence-corrected chi connectivity index (χ4v) is 3.47. The Morgan fingerprint density at radius 2 is 2.33 bits per heavy atom. The first-order chi connectivity index (χ1) is 10.3. The Morgan fingerprint density at radius 1 is 1.43 bits per heavy atom. The Kier molecular flexibility index (Phi) is 4.56. The van der Waals surface area contributed by atoms with Gasteiger partial charge in [0.05, 0.1) is 17.3 Å². The Hall–Kier alpha value is -1.39. The minimum absolute atomic E-state index is 0.413. The van der Waals surface area contributed by atoms with E-state index in [2.05, 4.69) is 47.7 Å². The Bertz CT molecular complexity index is 609. The lowest BCUT2D eigenvalue weighted by Crippen LogP contribution is -2.23. The number of fused-ring (bicyclic) bond motifs is 1. The maximum atomic E-state index is 5.58. The molecule has 3 rings (SSSR count). The topological polar surface area (TPSA) is 34.2 Å². The van der Waals surface area contributed by atoms with E-state index >= 15 is 0 Å². The number of hydrogen-bond acceptors (Lipinski definition) is 4. The number of thiazole rings is 1. The number of aromatic nitrogens is 1. The first-order valence-electron chi connectivity index (χ1n) is 7.66. The van der Waals surface area contributed by atoms with E-state index in [1.165, 1.54) is 16.8 Å². The van der Waals surface area contributed by atoms with Gasteiger partial charge < -0.3 is 10.1 Å². The summed E-state index contributed by atoms with van der Waals surface area (Å²) in [6.07, 6.45) is 3.13. The minimum atomic E-state index is 0.413. The van der Waals surface area contributed by atoms with Crippen LogP contribution in [0.5, 0.6) is 5.75 Å². The normalized spacial score (nSPS) is 14.8. The van der Waals surface area contributed by atoms with Gasteiger partial charge in [-0.25, -0.2) is 4.98 Å². The van der Waals surface area contributed by atoms with Crippen LogP contribution in [0.4, 0.5) is 0 Å². The molecule has 1 unspecified atom stereocenters. The molecule has 21 heavy (non-hydrogen) atoms. The fourth-order valence-electron chi connectivity index (χ4n) is 2.82. The molecule has 2 aromatic rings. The van der Waals surface area contributed by atoms with Gasteiger partial charge in [-0.15, -0.1) is 11.3 Å². The predicted molar refractivity (Wildman–Crippen MR) is 87.2 cm³/mol. The van der Waals surface area contributed by atoms with Crippen LogP contribution in [0.15, 0.2) is 23.6 Å². The molecule has 4 heteroatoms. The SMILES string of the molecule is CCC(NCCc1csc(C)n1)c1ccc2c(c1)CCO2. The first-order valence-corrected chi connectivity index (χ1v) is 8.54. The van der Waals surface area contributed by atoms with E-state index in [4.69, 9.17) is 4.74 Å². The molecule has 112 valence electrons. The second-order valence-corrected chi connectivity index (χ2v) is 6.55. The van der Waals surface area contributed by atoms with Crippen LogP contribution in [0, 0.1) is 6.92 Å². The van der Waals surface area contributed by atoms with Crippen molar-refractivity contribution >= 4 is 11.3 Å². The fraction of sp³-hybridized carbons (Fsp3) is 0.471. The third-order valence-electron chi connectivity index (χ3n) is 3.96. The van der Waals surface area contributed by atoms with Crippen molar-refractivity contribution in [2.45, 2.75) is 39.2 Å². The summed E-state index contributed by atoms with van der Waals surface area (Å²) in [4.78, 5) is 4.52. The molecule has 0 fully saturated rings. The smallest absolute Gasteiger partial charge is 0.122 e. The molecule has 1 atom stereocenters. The highest BCUT2D eigenvalue weighted by Crippen LogP contribution is 2.29. The maximum absolute atomic E-state index is 5.58. The van der Waals surface area contributed by atoms with Crippen LogP contribution in [-0.4, -0.2) is 18.1 Å². The highest BCUT2D eigenvalue weighted by Gasteiger charge is 2.15. The van der Waals surface area contributed by atoms with Crippen LogP contribution < -0.4 is 10.1 Å². The molecule has 0 aliphatic carbocycles. The molecule has 2 heterocycles. The van der Waals surface area contributed by atoms with Gasteiger partial charge in [-0.2, -0.15) is 0 Å². The third-order valence-corrected chi connectivity index (χ3v) is 4.78. The molecule has 1 N–H and O–H groups in total. The van der Waals surface area contributed by atoms with Crippen molar-refractivity contribution in [3.63, 3.8) is 0 Å². The molecule has 0 spiro atoms. The number of ether oxygens (including phenoxy) is 1. The summed E-state index contributed by atoms with van der Waals surface area (Å²) in [5, 5.41) is 6.96. The number of rotatable bonds is 6. The van der Waals surface area contributed by atoms with Crippen molar-refractivity contribution < 1.29 is 4.74 Å². The molecular formula is C17H22N2OS. The van der Waals surface area contributed by atoms with Crippen molar-refractivity contribution in [3.05, 3.63) is 45.4 Å². The van der Waals surface area contributed by atoms with Crippen molar-refractivity contribution in [1.82, 2.24) is 10.3 Å². The Balaban J connectivity index is 1.59. The number of aryl methyl sites for hydroxylation is 1. The molecule has 0 amide bonds. The van der Waals surface area contributed by atoms with Gasteiger partial charge in [-0.1, -0.05) is 19.1 Å². The summed E-state index contributed by atoms with van der Waals surface area (Å²) in [5.74, 6) is 1.06. The molecule has 3 nitrogen and oxygen atoms in total. The molecule has 1 aromatic carbocycles. The van der Waals surface area contributed by atoms with Crippen LogP contribution in [-0.2, 0) is 12.8 Å². The average Bonchev–Trinajstić information content (AvgIpc) is 3.11. The van der Waals surface area contributed by atoms with Crippen LogP contribution in [0.1, 0.15) is 41.2 Å². The van der Waals surface area contributed by atoms with Crippen LogP contribution in [0.3, 0.4) is 0 Å². The first kappa shape index (κ1) is 14.5. The van der Waals surface area contributed by atoms with Gasteiger partial charge in [0.2, 0.25) is 0 Å². The Morgan fingerprint density at radius 3 is 3.10 bits per heavy atom. The third kappa shape index (κ3) is 3.44. The van der Waals surface area contributed by atoms with Gasteiger partial charge in [0.15, 0.2) is 0 Å². The molecule has 1 aliphatic heterocycles. The summed E-state index contributed by atoms with van der Waals surface area (Å²) in [5.41, 5.74) is 3.92. The molecular weight excluding hydrogens is 280 g/mol. The van der Waals surface area contributed by atoms with Gasteiger partial charge >= 0.3 is 0 Å². The van der Waals surface area contributed by atoms with Crippen molar-refractivity contribution in [1.29, 1.82) is 0 Å². The lowest BCUT2D eigenvalue weighted by molar-refractivity contribution is 0.356. The van der Waals surface area contributed by atoms with Crippen LogP contribution in [0.25, 0.3) is 0 Å². The lowest BCUT2D eigenvalue weighted by Gasteiger charge is -2.18. The highest BCUT2D eigenvalue weighted by atomic mass is 32.1. The van der Waals surface area contributed by atoms with Crippen molar-refractivity contribution in [2.24, 2.45) is 0 Å². The van der Waals surface area contributed by atoms with E-state index < -0.39 is 0 Å². The van der Waals surface area contributed by atoms with Crippen LogP contribution in [0.2, 0.25) is 0 Å². The van der Waals surface area contributed by atoms with E-state index in [9.17, 15) is 0 Å². The van der Waals surface area contributed by atoms with Gasteiger partial charge in [-0.05, 0) is 30.5 Å². The maximum Gasteiger partial charge on any atom is 0.122 e. The molecule has 0 bridgehead atoms.